The molecule has 0 bridgehead atoms. The highest BCUT2D eigenvalue weighted by Gasteiger charge is 2.33. The van der Waals surface area contributed by atoms with E-state index in [1.807, 2.05) is 6.07 Å². The van der Waals surface area contributed by atoms with Crippen LogP contribution in [0, 0.1) is 11.3 Å². The van der Waals surface area contributed by atoms with Crippen molar-refractivity contribution in [1.29, 1.82) is 5.26 Å². The Balaban J connectivity index is 1.89. The molecule has 0 fully saturated rings. The van der Waals surface area contributed by atoms with Crippen molar-refractivity contribution in [1.82, 2.24) is 4.90 Å². The minimum Gasteiger partial charge on any atom is -0.322 e. The molecule has 1 N–H and O–H groups in total. The lowest BCUT2D eigenvalue weighted by molar-refractivity contribution is 0.0693. The van der Waals surface area contributed by atoms with E-state index in [0.29, 0.717) is 16.8 Å². The van der Waals surface area contributed by atoms with E-state index in [1.165, 1.54) is 25.2 Å². The number of rotatable bonds is 2. The van der Waals surface area contributed by atoms with E-state index in [4.69, 9.17) is 5.26 Å². The average molecular weight is 305 g/mol. The predicted molar refractivity (Wildman–Crippen MR) is 82.0 cm³/mol. The van der Waals surface area contributed by atoms with Crippen LogP contribution in [0.4, 0.5) is 5.69 Å². The maximum absolute atomic E-state index is 12.3. The van der Waals surface area contributed by atoms with Gasteiger partial charge in [-0.3, -0.25) is 19.3 Å². The van der Waals surface area contributed by atoms with E-state index in [1.54, 1.807) is 24.3 Å². The first-order chi connectivity index (χ1) is 11.0. The highest BCUT2D eigenvalue weighted by molar-refractivity contribution is 6.22. The van der Waals surface area contributed by atoms with Crippen LogP contribution in [0.15, 0.2) is 42.5 Å². The Kier molecular flexibility index (Phi) is 3.39. The van der Waals surface area contributed by atoms with Crippen molar-refractivity contribution in [3.8, 4) is 6.07 Å². The summed E-state index contributed by atoms with van der Waals surface area (Å²) in [5.41, 5.74) is 1.69. The summed E-state index contributed by atoms with van der Waals surface area (Å²) in [4.78, 5) is 37.1. The number of fused-ring (bicyclic) bond motifs is 1. The fourth-order valence-corrected chi connectivity index (χ4v) is 2.37. The van der Waals surface area contributed by atoms with E-state index in [2.05, 4.69) is 5.32 Å². The molecule has 3 amide bonds. The first kappa shape index (κ1) is 14.5. The van der Waals surface area contributed by atoms with Gasteiger partial charge in [0.05, 0.1) is 22.8 Å². The van der Waals surface area contributed by atoms with Crippen molar-refractivity contribution in [3.05, 3.63) is 64.7 Å². The molecule has 2 aromatic rings. The number of nitrogens with zero attached hydrogens (tertiary/aromatic N) is 2. The van der Waals surface area contributed by atoms with Gasteiger partial charge in [-0.1, -0.05) is 6.07 Å². The third-order valence-corrected chi connectivity index (χ3v) is 3.60. The summed E-state index contributed by atoms with van der Waals surface area (Å²) in [5, 5.41) is 11.5. The molecule has 0 unspecified atom stereocenters. The molecule has 0 atom stereocenters. The van der Waals surface area contributed by atoms with Crippen LogP contribution in [0.1, 0.15) is 36.6 Å². The van der Waals surface area contributed by atoms with Crippen LogP contribution in [-0.2, 0) is 0 Å². The number of nitriles is 1. The molecule has 1 aliphatic rings. The summed E-state index contributed by atoms with van der Waals surface area (Å²) >= 11 is 0. The molecule has 0 saturated heterocycles. The minimum atomic E-state index is -0.425. The molecule has 0 saturated carbocycles. The van der Waals surface area contributed by atoms with Crippen LogP contribution in [-0.4, -0.2) is 29.7 Å². The molecule has 23 heavy (non-hydrogen) atoms. The second-order valence-electron chi connectivity index (χ2n) is 5.08. The number of imide groups is 1. The number of amides is 3. The van der Waals surface area contributed by atoms with E-state index in [-0.39, 0.29) is 17.0 Å². The zero-order valence-corrected chi connectivity index (χ0v) is 12.2. The van der Waals surface area contributed by atoms with Crippen LogP contribution in [0.3, 0.4) is 0 Å². The minimum absolute atomic E-state index is 0.218. The largest absolute Gasteiger partial charge is 0.322 e. The van der Waals surface area contributed by atoms with Gasteiger partial charge in [-0.2, -0.15) is 5.26 Å². The quantitative estimate of drug-likeness (QED) is 0.860. The molecule has 0 radical (unpaired) electrons. The first-order valence-electron chi connectivity index (χ1n) is 6.79. The summed E-state index contributed by atoms with van der Waals surface area (Å²) in [6.45, 7) is 0. The second-order valence-corrected chi connectivity index (χ2v) is 5.08. The molecule has 112 valence electrons. The van der Waals surface area contributed by atoms with Gasteiger partial charge in [0.2, 0.25) is 0 Å². The van der Waals surface area contributed by atoms with Gasteiger partial charge in [-0.15, -0.1) is 0 Å². The number of nitrogens with one attached hydrogen (secondary N) is 1. The number of hydrogen-bond donors (Lipinski definition) is 1. The van der Waals surface area contributed by atoms with Gasteiger partial charge in [0.15, 0.2) is 0 Å². The monoisotopic (exact) mass is 305 g/mol. The average Bonchev–Trinajstić information content (AvgIpc) is 2.79. The van der Waals surface area contributed by atoms with Crippen LogP contribution < -0.4 is 5.32 Å². The lowest BCUT2D eigenvalue weighted by atomic mass is 10.1. The van der Waals surface area contributed by atoms with Crippen molar-refractivity contribution in [2.75, 3.05) is 12.4 Å². The van der Waals surface area contributed by atoms with Crippen LogP contribution in [0.25, 0.3) is 0 Å². The smallest absolute Gasteiger partial charge is 0.261 e. The number of anilines is 1. The first-order valence-corrected chi connectivity index (χ1v) is 6.79. The van der Waals surface area contributed by atoms with Crippen molar-refractivity contribution in [2.45, 2.75) is 0 Å². The molecule has 6 nitrogen and oxygen atoms in total. The maximum atomic E-state index is 12.3. The third-order valence-electron chi connectivity index (χ3n) is 3.60. The standard InChI is InChI=1S/C17H11N3O3/c1-20-16(22)13-6-5-11(8-14(13)17(20)23)15(21)19-12-4-2-3-10(7-12)9-18/h2-8H,1H3,(H,19,21). The molecule has 3 rings (SSSR count). The van der Waals surface area contributed by atoms with E-state index < -0.39 is 11.8 Å². The van der Waals surface area contributed by atoms with Gasteiger partial charge in [0.25, 0.3) is 17.7 Å². The Hall–Kier alpha value is -3.46. The summed E-state index contributed by atoms with van der Waals surface area (Å²) < 4.78 is 0. The number of carbonyl (C=O) groups is 3. The normalized spacial score (nSPS) is 12.8. The zero-order valence-electron chi connectivity index (χ0n) is 12.2. The summed E-state index contributed by atoms with van der Waals surface area (Å²) in [7, 11) is 1.40. The van der Waals surface area contributed by atoms with Gasteiger partial charge in [-0.05, 0) is 36.4 Å². The van der Waals surface area contributed by atoms with Crippen LogP contribution in [0.5, 0.6) is 0 Å². The van der Waals surface area contributed by atoms with Crippen molar-refractivity contribution in [3.63, 3.8) is 0 Å². The van der Waals surface area contributed by atoms with Crippen LogP contribution in [0.2, 0.25) is 0 Å². The Morgan fingerprint density at radius 3 is 2.57 bits per heavy atom. The summed E-state index contributed by atoms with van der Waals surface area (Å²) in [5.74, 6) is -1.22. The van der Waals surface area contributed by atoms with Gasteiger partial charge in [0, 0.05) is 18.3 Å². The fourth-order valence-electron chi connectivity index (χ4n) is 2.37. The van der Waals surface area contributed by atoms with Crippen LogP contribution >= 0.6 is 0 Å². The molecule has 1 heterocycles. The molecule has 0 spiro atoms. The third kappa shape index (κ3) is 2.45. The molecule has 2 aromatic carbocycles. The van der Waals surface area contributed by atoms with E-state index in [9.17, 15) is 14.4 Å². The Labute approximate surface area is 131 Å². The van der Waals surface area contributed by atoms with Gasteiger partial charge < -0.3 is 5.32 Å². The van der Waals surface area contributed by atoms with Crippen molar-refractivity contribution in [2.24, 2.45) is 0 Å². The topological polar surface area (TPSA) is 90.3 Å². The van der Waals surface area contributed by atoms with Gasteiger partial charge >= 0.3 is 0 Å². The molecule has 6 heteroatoms. The second kappa shape index (κ2) is 5.39. The number of hydrogen-bond acceptors (Lipinski definition) is 4. The highest BCUT2D eigenvalue weighted by atomic mass is 16.2. The van der Waals surface area contributed by atoms with Crippen molar-refractivity contribution >= 4 is 23.4 Å². The Morgan fingerprint density at radius 1 is 1.09 bits per heavy atom. The highest BCUT2D eigenvalue weighted by Crippen LogP contribution is 2.23. The SMILES string of the molecule is CN1C(=O)c2ccc(C(=O)Nc3cccc(C#N)c3)cc2C1=O. The number of carbonyl (C=O) groups excluding carboxylic acids is 3. The summed E-state index contributed by atoms with van der Waals surface area (Å²) in [6, 6.07) is 12.9. The summed E-state index contributed by atoms with van der Waals surface area (Å²) in [6.07, 6.45) is 0. The lowest BCUT2D eigenvalue weighted by Crippen LogP contribution is -2.24. The van der Waals surface area contributed by atoms with E-state index in [0.717, 1.165) is 4.90 Å². The number of benzene rings is 2. The molecule has 0 aliphatic carbocycles. The molecular weight excluding hydrogens is 294 g/mol. The van der Waals surface area contributed by atoms with E-state index >= 15 is 0 Å². The Morgan fingerprint density at radius 2 is 1.83 bits per heavy atom. The van der Waals surface area contributed by atoms with Gasteiger partial charge in [0.1, 0.15) is 0 Å². The fraction of sp³-hybridized carbons (Fsp3) is 0.0588. The maximum Gasteiger partial charge on any atom is 0.261 e. The molecular formula is C17H11N3O3. The predicted octanol–water partition coefficient (Wildman–Crippen LogP) is 2.04. The lowest BCUT2D eigenvalue weighted by Gasteiger charge is -2.06. The zero-order chi connectivity index (χ0) is 16.6. The molecule has 0 aromatic heterocycles. The van der Waals surface area contributed by atoms with Gasteiger partial charge in [-0.25, -0.2) is 0 Å². The Bertz CT molecular complexity index is 896. The molecule has 1 aliphatic heterocycles. The van der Waals surface area contributed by atoms with Crippen molar-refractivity contribution < 1.29 is 14.4 Å².